The number of anilines is 1. The molecule has 1 unspecified atom stereocenters. The Labute approximate surface area is 193 Å². The Morgan fingerprint density at radius 2 is 1.76 bits per heavy atom. The van der Waals surface area contributed by atoms with E-state index in [1.54, 1.807) is 38.3 Å². The number of nitrogens with one attached hydrogen (secondary N) is 1. The van der Waals surface area contributed by atoms with Gasteiger partial charge in [0.2, 0.25) is 26.0 Å². The van der Waals surface area contributed by atoms with Crippen molar-refractivity contribution in [1.29, 1.82) is 0 Å². The molecule has 33 heavy (non-hydrogen) atoms. The summed E-state index contributed by atoms with van der Waals surface area (Å²) in [7, 11) is -6.44. The Bertz CT molecular complexity index is 1210. The zero-order valence-corrected chi connectivity index (χ0v) is 20.1. The minimum Gasteiger partial charge on any atom is -0.497 e. The molecule has 2 aromatic carbocycles. The van der Waals surface area contributed by atoms with Gasteiger partial charge in [0.05, 0.1) is 31.1 Å². The maximum Gasteiger partial charge on any atom is 0.244 e. The smallest absolute Gasteiger partial charge is 0.244 e. The Morgan fingerprint density at radius 1 is 1.09 bits per heavy atom. The van der Waals surface area contributed by atoms with Crippen molar-refractivity contribution in [3.8, 4) is 17.2 Å². The first-order valence-electron chi connectivity index (χ1n) is 10.2. The topological polar surface area (TPSA) is 128 Å². The van der Waals surface area contributed by atoms with Crippen molar-refractivity contribution in [1.82, 2.24) is 4.72 Å². The Kier molecular flexibility index (Phi) is 7.50. The molecule has 0 spiro atoms. The lowest BCUT2D eigenvalue weighted by molar-refractivity contribution is -0.119. The van der Waals surface area contributed by atoms with E-state index in [1.807, 2.05) is 0 Å². The second-order valence-corrected chi connectivity index (χ2v) is 10.9. The fourth-order valence-electron chi connectivity index (χ4n) is 3.29. The molecule has 180 valence electrons. The summed E-state index contributed by atoms with van der Waals surface area (Å²) in [5.41, 5.74) is -0.0531. The summed E-state index contributed by atoms with van der Waals surface area (Å²) >= 11 is 0. The highest BCUT2D eigenvalue weighted by molar-refractivity contribution is 7.94. The van der Waals surface area contributed by atoms with Crippen molar-refractivity contribution >= 4 is 31.6 Å². The summed E-state index contributed by atoms with van der Waals surface area (Å²) in [6.07, 6.45) is 0. The van der Waals surface area contributed by atoms with Crippen molar-refractivity contribution < 1.29 is 35.8 Å². The van der Waals surface area contributed by atoms with E-state index in [4.69, 9.17) is 14.2 Å². The van der Waals surface area contributed by atoms with Crippen LogP contribution >= 0.6 is 0 Å². The average Bonchev–Trinajstić information content (AvgIpc) is 2.98. The molecule has 0 saturated carbocycles. The van der Waals surface area contributed by atoms with E-state index in [0.717, 1.165) is 6.07 Å². The van der Waals surface area contributed by atoms with Gasteiger partial charge in [-0.25, -0.2) is 25.9 Å². The fourth-order valence-corrected chi connectivity index (χ4v) is 6.28. The van der Waals surface area contributed by atoms with Crippen LogP contribution < -0.4 is 23.2 Å². The number of hydrogen-bond donors (Lipinski definition) is 1. The molecule has 1 heterocycles. The molecular weight excluding hydrogens is 472 g/mol. The van der Waals surface area contributed by atoms with Crippen LogP contribution in [0.4, 0.5) is 5.69 Å². The third kappa shape index (κ3) is 5.57. The van der Waals surface area contributed by atoms with E-state index in [0.29, 0.717) is 15.8 Å². The quantitative estimate of drug-likeness (QED) is 0.491. The molecule has 1 atom stereocenters. The molecule has 1 N–H and O–H groups in total. The summed E-state index contributed by atoms with van der Waals surface area (Å²) in [5.74, 6) is -0.402. The fraction of sp³-hybridized carbons (Fsp3) is 0.381. The number of nitrogens with zero attached hydrogens (tertiary/aromatic N) is 1. The molecule has 3 rings (SSSR count). The van der Waals surface area contributed by atoms with E-state index in [9.17, 15) is 21.6 Å². The highest BCUT2D eigenvalue weighted by Gasteiger charge is 2.42. The summed E-state index contributed by atoms with van der Waals surface area (Å²) in [6.45, 7) is 3.39. The van der Waals surface area contributed by atoms with Crippen LogP contribution in [0.25, 0.3) is 0 Å². The van der Waals surface area contributed by atoms with Gasteiger partial charge >= 0.3 is 0 Å². The number of benzene rings is 2. The van der Waals surface area contributed by atoms with Gasteiger partial charge in [0, 0.05) is 6.54 Å². The second kappa shape index (κ2) is 9.98. The van der Waals surface area contributed by atoms with Gasteiger partial charge in [-0.1, -0.05) is 6.92 Å². The van der Waals surface area contributed by atoms with E-state index < -0.39 is 31.9 Å². The largest absolute Gasteiger partial charge is 0.497 e. The minimum atomic E-state index is -4.11. The highest BCUT2D eigenvalue weighted by atomic mass is 32.2. The number of amides is 1. The lowest BCUT2D eigenvalue weighted by Crippen LogP contribution is -2.31. The number of methoxy groups -OCH3 is 1. The lowest BCUT2D eigenvalue weighted by Gasteiger charge is -2.18. The van der Waals surface area contributed by atoms with Gasteiger partial charge < -0.3 is 14.2 Å². The van der Waals surface area contributed by atoms with Crippen molar-refractivity contribution in [3.05, 3.63) is 42.5 Å². The van der Waals surface area contributed by atoms with Crippen LogP contribution in [0.5, 0.6) is 17.2 Å². The average molecular weight is 499 g/mol. The van der Waals surface area contributed by atoms with Crippen LogP contribution in [0.1, 0.15) is 13.8 Å². The maximum atomic E-state index is 13.0. The molecule has 1 aliphatic rings. The van der Waals surface area contributed by atoms with Crippen LogP contribution in [0.15, 0.2) is 47.4 Å². The van der Waals surface area contributed by atoms with Crippen LogP contribution in [-0.4, -0.2) is 55.4 Å². The van der Waals surface area contributed by atoms with E-state index >= 15 is 0 Å². The summed E-state index contributed by atoms with van der Waals surface area (Å²) in [4.78, 5) is 12.1. The number of ether oxygens (including phenoxy) is 3. The third-order valence-corrected chi connectivity index (χ3v) is 8.18. The predicted octanol–water partition coefficient (Wildman–Crippen LogP) is 1.76. The van der Waals surface area contributed by atoms with Gasteiger partial charge in [0.25, 0.3) is 0 Å². The molecule has 0 bridgehead atoms. The van der Waals surface area contributed by atoms with Crippen LogP contribution in [0.2, 0.25) is 0 Å². The molecule has 10 nitrogen and oxygen atoms in total. The van der Waals surface area contributed by atoms with E-state index in [-0.39, 0.29) is 41.8 Å². The zero-order chi connectivity index (χ0) is 24.2. The molecule has 1 amide bonds. The Hall–Kier alpha value is -2.83. The minimum absolute atomic E-state index is 0.0434. The second-order valence-electron chi connectivity index (χ2n) is 7.27. The van der Waals surface area contributed by atoms with Gasteiger partial charge in [0.1, 0.15) is 28.8 Å². The summed E-state index contributed by atoms with van der Waals surface area (Å²) in [5, 5.41) is 0. The Morgan fingerprint density at radius 3 is 2.33 bits per heavy atom. The first-order chi connectivity index (χ1) is 15.6. The first-order valence-corrected chi connectivity index (χ1v) is 13.3. The van der Waals surface area contributed by atoms with Crippen LogP contribution in [-0.2, 0) is 24.8 Å². The monoisotopic (exact) mass is 498 g/mol. The van der Waals surface area contributed by atoms with Crippen molar-refractivity contribution in [3.63, 3.8) is 0 Å². The molecule has 1 saturated heterocycles. The number of hydrogen-bond acceptors (Lipinski definition) is 8. The molecular formula is C21H26N2O8S2. The highest BCUT2D eigenvalue weighted by Crippen LogP contribution is 2.34. The number of sulfonamides is 2. The number of carbonyl (C=O) groups excluding carboxylic acids is 1. The SMILES string of the molecule is CCOc1ccc(N2C(=O)C(C)CS2(=O)=O)cc1S(=O)(=O)NCCOc1ccc(OC)cc1. The molecule has 0 radical (unpaired) electrons. The van der Waals surface area contributed by atoms with Gasteiger partial charge in [-0.15, -0.1) is 0 Å². The van der Waals surface area contributed by atoms with Crippen LogP contribution in [0, 0.1) is 5.92 Å². The van der Waals surface area contributed by atoms with Crippen molar-refractivity contribution in [2.45, 2.75) is 18.7 Å². The molecule has 2 aromatic rings. The van der Waals surface area contributed by atoms with E-state index in [2.05, 4.69) is 4.72 Å². The number of rotatable bonds is 10. The molecule has 0 aromatic heterocycles. The zero-order valence-electron chi connectivity index (χ0n) is 18.5. The predicted molar refractivity (Wildman–Crippen MR) is 122 cm³/mol. The molecule has 1 aliphatic heterocycles. The lowest BCUT2D eigenvalue weighted by atomic mass is 10.2. The maximum absolute atomic E-state index is 13.0. The van der Waals surface area contributed by atoms with Crippen molar-refractivity contribution in [2.24, 2.45) is 5.92 Å². The Balaban J connectivity index is 1.78. The molecule has 12 heteroatoms. The van der Waals surface area contributed by atoms with Gasteiger partial charge in [-0.3, -0.25) is 4.79 Å². The number of carbonyl (C=O) groups is 1. The van der Waals surface area contributed by atoms with Gasteiger partial charge in [-0.05, 0) is 49.4 Å². The summed E-state index contributed by atoms with van der Waals surface area (Å²) in [6, 6.07) is 10.6. The van der Waals surface area contributed by atoms with Gasteiger partial charge in [-0.2, -0.15) is 0 Å². The van der Waals surface area contributed by atoms with Gasteiger partial charge in [0.15, 0.2) is 0 Å². The summed E-state index contributed by atoms with van der Waals surface area (Å²) < 4.78 is 69.9. The van der Waals surface area contributed by atoms with Crippen LogP contribution in [0.3, 0.4) is 0 Å². The van der Waals surface area contributed by atoms with E-state index in [1.165, 1.54) is 19.1 Å². The molecule has 0 aliphatic carbocycles. The normalized spacial score (nSPS) is 17.7. The van der Waals surface area contributed by atoms with Crippen molar-refractivity contribution in [2.75, 3.05) is 36.9 Å². The third-order valence-electron chi connectivity index (χ3n) is 4.83. The molecule has 1 fully saturated rings. The first kappa shape index (κ1) is 24.8. The standard InChI is InChI=1S/C21H26N2O8S2/c1-4-30-19-10-5-16(23-21(24)15(2)14-32(23,25)26)13-20(19)33(27,28)22-11-12-31-18-8-6-17(29-3)7-9-18/h5-10,13,15,22H,4,11-12,14H2,1-3H3.